The molecule has 4 aliphatic carbocycles. The van der Waals surface area contributed by atoms with Crippen molar-refractivity contribution in [1.82, 2.24) is 0 Å². The first kappa shape index (κ1) is 14.0. The van der Waals surface area contributed by atoms with Gasteiger partial charge in [0.15, 0.2) is 0 Å². The summed E-state index contributed by atoms with van der Waals surface area (Å²) in [4.78, 5) is 12.5. The first-order valence-corrected chi connectivity index (χ1v) is 9.46. The van der Waals surface area contributed by atoms with Crippen LogP contribution in [0, 0.1) is 34.0 Å². The lowest BCUT2D eigenvalue weighted by Gasteiger charge is -2.63. The number of hydrogen-bond acceptors (Lipinski definition) is 2. The molecule has 22 heavy (non-hydrogen) atoms. The van der Waals surface area contributed by atoms with Crippen LogP contribution in [0.1, 0.15) is 72.6 Å². The molecule has 1 aliphatic heterocycles. The van der Waals surface area contributed by atoms with Crippen LogP contribution in [0.4, 0.5) is 0 Å². The Bertz CT molecular complexity index is 566. The molecule has 0 N–H and O–H groups in total. The molecule has 1 saturated heterocycles. The second kappa shape index (κ2) is 3.66. The molecule has 4 saturated carbocycles. The Morgan fingerprint density at radius 2 is 1.77 bits per heavy atom. The van der Waals surface area contributed by atoms with Gasteiger partial charge in [0.1, 0.15) is 5.78 Å². The number of carbonyl (C=O) groups excluding carboxylic acids is 1. The molecule has 122 valence electrons. The van der Waals surface area contributed by atoms with Gasteiger partial charge >= 0.3 is 0 Å². The van der Waals surface area contributed by atoms with Crippen molar-refractivity contribution in [3.63, 3.8) is 0 Å². The van der Waals surface area contributed by atoms with Gasteiger partial charge in [0.25, 0.3) is 0 Å². The van der Waals surface area contributed by atoms with E-state index in [2.05, 4.69) is 27.7 Å². The van der Waals surface area contributed by atoms with Crippen molar-refractivity contribution < 1.29 is 9.53 Å². The van der Waals surface area contributed by atoms with Gasteiger partial charge in [-0.1, -0.05) is 20.8 Å². The maximum Gasteiger partial charge on any atom is 0.138 e. The fourth-order valence-electron chi connectivity index (χ4n) is 8.17. The normalized spacial score (nSPS) is 61.2. The van der Waals surface area contributed by atoms with Gasteiger partial charge in [-0.25, -0.2) is 0 Å². The molecule has 1 heterocycles. The topological polar surface area (TPSA) is 29.6 Å². The van der Waals surface area contributed by atoms with Crippen LogP contribution in [0.15, 0.2) is 0 Å². The molecule has 0 amide bonds. The van der Waals surface area contributed by atoms with Gasteiger partial charge in [0.05, 0.1) is 11.7 Å². The summed E-state index contributed by atoms with van der Waals surface area (Å²) >= 11 is 0. The van der Waals surface area contributed by atoms with E-state index in [0.717, 1.165) is 24.7 Å². The van der Waals surface area contributed by atoms with Gasteiger partial charge in [0, 0.05) is 17.3 Å². The number of Topliss-reactive ketones (excluding diaryl/α,β-unsaturated/α-hetero) is 1. The summed E-state index contributed by atoms with van der Waals surface area (Å²) < 4.78 is 6.30. The molecule has 0 aromatic carbocycles. The van der Waals surface area contributed by atoms with Crippen molar-refractivity contribution in [2.45, 2.75) is 84.3 Å². The predicted octanol–water partition coefficient (Wildman–Crippen LogP) is 4.37. The Morgan fingerprint density at radius 1 is 1.00 bits per heavy atom. The van der Waals surface area contributed by atoms with Gasteiger partial charge in [-0.15, -0.1) is 0 Å². The van der Waals surface area contributed by atoms with E-state index in [4.69, 9.17) is 4.74 Å². The molecule has 0 aromatic rings. The fraction of sp³-hybridized carbons (Fsp3) is 0.950. The summed E-state index contributed by atoms with van der Waals surface area (Å²) in [7, 11) is 0. The third-order valence-electron chi connectivity index (χ3n) is 9.26. The zero-order valence-electron chi connectivity index (χ0n) is 14.6. The van der Waals surface area contributed by atoms with E-state index in [1.807, 2.05) is 0 Å². The lowest BCUT2D eigenvalue weighted by molar-refractivity contribution is -0.173. The van der Waals surface area contributed by atoms with Crippen LogP contribution in [-0.4, -0.2) is 17.5 Å². The van der Waals surface area contributed by atoms with Crippen LogP contribution >= 0.6 is 0 Å². The van der Waals surface area contributed by atoms with Crippen LogP contribution in [-0.2, 0) is 9.53 Å². The summed E-state index contributed by atoms with van der Waals surface area (Å²) in [6.45, 7) is 9.37. The molecule has 5 fully saturated rings. The highest BCUT2D eigenvalue weighted by Gasteiger charge is 2.78. The van der Waals surface area contributed by atoms with Crippen LogP contribution in [0.5, 0.6) is 0 Å². The lowest BCUT2D eigenvalue weighted by atomic mass is 9.41. The number of ether oxygens (including phenoxy) is 1. The van der Waals surface area contributed by atoms with Gasteiger partial charge in [0.2, 0.25) is 0 Å². The zero-order chi connectivity index (χ0) is 15.5. The summed E-state index contributed by atoms with van der Waals surface area (Å²) in [5.74, 6) is 2.70. The molecular formula is C20H30O2. The van der Waals surface area contributed by atoms with Gasteiger partial charge in [-0.2, -0.15) is 0 Å². The minimum absolute atomic E-state index is 0.113. The molecule has 0 aromatic heterocycles. The molecule has 1 spiro atoms. The Labute approximate surface area is 134 Å². The Balaban J connectivity index is 1.59. The number of fused-ring (bicyclic) bond motifs is 5. The summed E-state index contributed by atoms with van der Waals surface area (Å²) in [5, 5.41) is 0. The van der Waals surface area contributed by atoms with Crippen LogP contribution in [0.3, 0.4) is 0 Å². The quantitative estimate of drug-likeness (QED) is 0.622. The third kappa shape index (κ3) is 1.29. The monoisotopic (exact) mass is 302 g/mol. The third-order valence-corrected chi connectivity index (χ3v) is 9.26. The van der Waals surface area contributed by atoms with Crippen molar-refractivity contribution in [2.75, 3.05) is 0 Å². The zero-order valence-corrected chi connectivity index (χ0v) is 14.6. The largest absolute Gasteiger partial charge is 0.365 e. The van der Waals surface area contributed by atoms with E-state index in [0.29, 0.717) is 28.6 Å². The summed E-state index contributed by atoms with van der Waals surface area (Å²) in [6.07, 6.45) is 9.18. The highest BCUT2D eigenvalue weighted by Crippen LogP contribution is 2.77. The van der Waals surface area contributed by atoms with Gasteiger partial charge in [-0.3, -0.25) is 4.79 Å². The van der Waals surface area contributed by atoms with Crippen molar-refractivity contribution >= 4 is 5.78 Å². The van der Waals surface area contributed by atoms with E-state index in [9.17, 15) is 4.79 Å². The van der Waals surface area contributed by atoms with Crippen molar-refractivity contribution in [1.29, 1.82) is 0 Å². The number of carbonyl (C=O) groups is 1. The maximum absolute atomic E-state index is 12.5. The standard InChI is InChI=1S/C20H30O2/c1-17(2)13-7-10-20-11-12(19(4)16(20)22-19)5-6-14(20)18(13,3)9-8-15(17)21/h12-14,16H,5-11H2,1-4H3/t12-,13-,14-,16-,18+,19-,20-/m0/s1. The predicted molar refractivity (Wildman–Crippen MR) is 85.4 cm³/mol. The first-order chi connectivity index (χ1) is 10.3. The first-order valence-electron chi connectivity index (χ1n) is 9.46. The van der Waals surface area contributed by atoms with Crippen LogP contribution < -0.4 is 0 Å². The Hall–Kier alpha value is -0.370. The number of hydrogen-bond donors (Lipinski definition) is 0. The molecule has 2 bridgehead atoms. The molecule has 0 radical (unpaired) electrons. The van der Waals surface area contributed by atoms with Crippen molar-refractivity contribution in [3.05, 3.63) is 0 Å². The number of rotatable bonds is 0. The second-order valence-electron chi connectivity index (χ2n) is 10.2. The molecule has 5 rings (SSSR count). The molecule has 0 unspecified atom stereocenters. The lowest BCUT2D eigenvalue weighted by Crippen LogP contribution is -2.59. The van der Waals surface area contributed by atoms with Crippen LogP contribution in [0.2, 0.25) is 0 Å². The van der Waals surface area contributed by atoms with Crippen molar-refractivity contribution in [3.8, 4) is 0 Å². The molecule has 5 aliphatic rings. The van der Waals surface area contributed by atoms with Gasteiger partial charge in [-0.05, 0) is 68.6 Å². The highest BCUT2D eigenvalue weighted by atomic mass is 16.6. The van der Waals surface area contributed by atoms with Crippen LogP contribution in [0.25, 0.3) is 0 Å². The minimum Gasteiger partial charge on any atom is -0.365 e. The molecule has 7 atom stereocenters. The highest BCUT2D eigenvalue weighted by molar-refractivity contribution is 5.85. The maximum atomic E-state index is 12.5. The average molecular weight is 302 g/mol. The van der Waals surface area contributed by atoms with Crippen molar-refractivity contribution in [2.24, 2.45) is 34.0 Å². The smallest absolute Gasteiger partial charge is 0.138 e. The summed E-state index contributed by atoms with van der Waals surface area (Å²) in [5.41, 5.74) is 0.924. The Kier molecular flexibility index (Phi) is 2.33. The van der Waals surface area contributed by atoms with E-state index in [1.165, 1.54) is 32.1 Å². The summed E-state index contributed by atoms with van der Waals surface area (Å²) in [6, 6.07) is 0. The fourth-order valence-corrected chi connectivity index (χ4v) is 8.17. The molecule has 2 nitrogen and oxygen atoms in total. The van der Waals surface area contributed by atoms with E-state index in [-0.39, 0.29) is 11.0 Å². The SMILES string of the molecule is CC1(C)C(=O)CC[C@]2(C)[C@H]1CC[C@]13C[C@H](CC[C@@H]21)[C@]1(C)O[C@H]31. The minimum atomic E-state index is -0.113. The van der Waals surface area contributed by atoms with E-state index < -0.39 is 0 Å². The molecule has 2 heteroatoms. The average Bonchev–Trinajstić information content (AvgIpc) is 3.13. The molecular weight excluding hydrogens is 272 g/mol. The van der Waals surface area contributed by atoms with E-state index >= 15 is 0 Å². The number of ketones is 1. The Morgan fingerprint density at radius 3 is 2.55 bits per heavy atom. The second-order valence-corrected chi connectivity index (χ2v) is 10.2. The van der Waals surface area contributed by atoms with E-state index in [1.54, 1.807) is 0 Å². The number of epoxide rings is 1. The van der Waals surface area contributed by atoms with Gasteiger partial charge < -0.3 is 4.74 Å².